The Kier molecular flexibility index (Phi) is 5.83. The first-order valence-corrected chi connectivity index (χ1v) is 11.0. The lowest BCUT2D eigenvalue weighted by molar-refractivity contribution is -0.130. The monoisotopic (exact) mass is 409 g/mol. The standard InChI is InChI=1S/C23H27N3O2S/c1-17-21(20-9-6-16-29-20)18(2)26(25-17)13-12-24-22(27)23(10-14-28-15-11-23)19-7-4-3-5-8-19/h3-9,16H,10-15H2,1-2H3,(H,24,27). The lowest BCUT2D eigenvalue weighted by Gasteiger charge is -2.36. The number of amides is 1. The number of thiophene rings is 1. The van der Waals surface area contributed by atoms with Crippen molar-refractivity contribution in [1.29, 1.82) is 0 Å². The van der Waals surface area contributed by atoms with Crippen LogP contribution in [0.5, 0.6) is 0 Å². The first-order valence-electron chi connectivity index (χ1n) is 10.1. The van der Waals surface area contributed by atoms with Gasteiger partial charge in [0.15, 0.2) is 0 Å². The number of hydrogen-bond acceptors (Lipinski definition) is 4. The molecule has 6 heteroatoms. The molecule has 0 bridgehead atoms. The molecule has 1 aromatic carbocycles. The molecule has 29 heavy (non-hydrogen) atoms. The van der Waals surface area contributed by atoms with Crippen molar-refractivity contribution in [3.8, 4) is 10.4 Å². The summed E-state index contributed by atoms with van der Waals surface area (Å²) in [4.78, 5) is 14.5. The van der Waals surface area contributed by atoms with Gasteiger partial charge in [0.25, 0.3) is 0 Å². The van der Waals surface area contributed by atoms with Crippen LogP contribution < -0.4 is 5.32 Å². The Morgan fingerprint density at radius 1 is 1.17 bits per heavy atom. The van der Waals surface area contributed by atoms with Crippen molar-refractivity contribution in [2.75, 3.05) is 19.8 Å². The first-order chi connectivity index (χ1) is 14.1. The number of aromatic nitrogens is 2. The smallest absolute Gasteiger partial charge is 0.230 e. The SMILES string of the molecule is Cc1nn(CCNC(=O)C2(c3ccccc3)CCOCC2)c(C)c1-c1cccs1. The number of nitrogens with zero attached hydrogens (tertiary/aromatic N) is 2. The van der Waals surface area contributed by atoms with Gasteiger partial charge in [-0.2, -0.15) is 5.10 Å². The second-order valence-corrected chi connectivity index (χ2v) is 8.51. The zero-order valence-electron chi connectivity index (χ0n) is 17.0. The van der Waals surface area contributed by atoms with Crippen LogP contribution in [-0.2, 0) is 21.5 Å². The first kappa shape index (κ1) is 19.9. The van der Waals surface area contributed by atoms with Gasteiger partial charge in [0.2, 0.25) is 5.91 Å². The van der Waals surface area contributed by atoms with Crippen LogP contribution in [0, 0.1) is 13.8 Å². The third-order valence-corrected chi connectivity index (χ3v) is 6.75. The van der Waals surface area contributed by atoms with Gasteiger partial charge in [-0.3, -0.25) is 9.48 Å². The van der Waals surface area contributed by atoms with E-state index in [1.807, 2.05) is 29.8 Å². The van der Waals surface area contributed by atoms with Crippen LogP contribution in [0.15, 0.2) is 47.8 Å². The molecule has 2 aromatic heterocycles. The van der Waals surface area contributed by atoms with Gasteiger partial charge in [-0.15, -0.1) is 11.3 Å². The van der Waals surface area contributed by atoms with E-state index in [1.54, 1.807) is 11.3 Å². The maximum Gasteiger partial charge on any atom is 0.230 e. The molecule has 0 unspecified atom stereocenters. The van der Waals surface area contributed by atoms with Gasteiger partial charge in [-0.25, -0.2) is 0 Å². The van der Waals surface area contributed by atoms with E-state index in [9.17, 15) is 4.79 Å². The van der Waals surface area contributed by atoms with Crippen LogP contribution in [0.1, 0.15) is 29.8 Å². The highest BCUT2D eigenvalue weighted by Gasteiger charge is 2.41. The van der Waals surface area contributed by atoms with E-state index >= 15 is 0 Å². The maximum absolute atomic E-state index is 13.3. The van der Waals surface area contributed by atoms with Crippen LogP contribution >= 0.6 is 11.3 Å². The van der Waals surface area contributed by atoms with E-state index in [2.05, 4.69) is 41.9 Å². The summed E-state index contributed by atoms with van der Waals surface area (Å²) in [6.45, 7) is 6.59. The number of ether oxygens (including phenoxy) is 1. The number of carbonyl (C=O) groups excluding carboxylic acids is 1. The van der Waals surface area contributed by atoms with E-state index < -0.39 is 5.41 Å². The molecule has 1 aliphatic rings. The Labute approximate surface area is 175 Å². The van der Waals surface area contributed by atoms with Crippen LogP contribution in [0.3, 0.4) is 0 Å². The third kappa shape index (κ3) is 3.87. The van der Waals surface area contributed by atoms with Crippen molar-refractivity contribution in [2.24, 2.45) is 0 Å². The number of rotatable bonds is 6. The van der Waals surface area contributed by atoms with Gasteiger partial charge in [-0.1, -0.05) is 36.4 Å². The predicted molar refractivity (Wildman–Crippen MR) is 116 cm³/mol. The molecule has 0 spiro atoms. The summed E-state index contributed by atoms with van der Waals surface area (Å²) in [5, 5.41) is 9.97. The van der Waals surface area contributed by atoms with Crippen LogP contribution in [0.4, 0.5) is 0 Å². The summed E-state index contributed by atoms with van der Waals surface area (Å²) in [5.74, 6) is 0.0898. The number of benzene rings is 1. The highest BCUT2D eigenvalue weighted by Crippen LogP contribution is 2.35. The average molecular weight is 410 g/mol. The van der Waals surface area contributed by atoms with Gasteiger partial charge < -0.3 is 10.1 Å². The van der Waals surface area contributed by atoms with Crippen LogP contribution in [-0.4, -0.2) is 35.4 Å². The summed E-state index contributed by atoms with van der Waals surface area (Å²) in [5.41, 5.74) is 3.95. The molecule has 0 radical (unpaired) electrons. The molecule has 4 rings (SSSR count). The van der Waals surface area contributed by atoms with Crippen molar-refractivity contribution in [3.05, 3.63) is 64.8 Å². The van der Waals surface area contributed by atoms with Gasteiger partial charge >= 0.3 is 0 Å². The molecular weight excluding hydrogens is 382 g/mol. The molecule has 1 fully saturated rings. The average Bonchev–Trinajstić information content (AvgIpc) is 3.37. The highest BCUT2D eigenvalue weighted by molar-refractivity contribution is 7.13. The number of hydrogen-bond donors (Lipinski definition) is 1. The molecular formula is C23H27N3O2S. The van der Waals surface area contributed by atoms with Crippen molar-refractivity contribution < 1.29 is 9.53 Å². The van der Waals surface area contributed by atoms with Crippen LogP contribution in [0.2, 0.25) is 0 Å². The minimum atomic E-state index is -0.503. The van der Waals surface area contributed by atoms with E-state index in [1.165, 1.54) is 10.4 Å². The Balaban J connectivity index is 1.46. The number of carbonyl (C=O) groups is 1. The fourth-order valence-corrected chi connectivity index (χ4v) is 5.13. The van der Waals surface area contributed by atoms with Crippen molar-refractivity contribution in [2.45, 2.75) is 38.6 Å². The van der Waals surface area contributed by atoms with Gasteiger partial charge in [-0.05, 0) is 43.7 Å². The lowest BCUT2D eigenvalue weighted by Crippen LogP contribution is -2.48. The van der Waals surface area contributed by atoms with E-state index in [4.69, 9.17) is 9.84 Å². The molecule has 1 saturated heterocycles. The lowest BCUT2D eigenvalue weighted by atomic mass is 9.73. The Morgan fingerprint density at radius 2 is 1.93 bits per heavy atom. The van der Waals surface area contributed by atoms with Crippen molar-refractivity contribution >= 4 is 17.2 Å². The summed E-state index contributed by atoms with van der Waals surface area (Å²) in [6.07, 6.45) is 1.43. The molecule has 152 valence electrons. The molecule has 1 N–H and O–H groups in total. The summed E-state index contributed by atoms with van der Waals surface area (Å²) < 4.78 is 7.55. The zero-order chi connectivity index (χ0) is 20.3. The largest absolute Gasteiger partial charge is 0.381 e. The number of nitrogens with one attached hydrogen (secondary N) is 1. The number of aryl methyl sites for hydroxylation is 1. The molecule has 5 nitrogen and oxygen atoms in total. The van der Waals surface area contributed by atoms with Gasteiger partial charge in [0.05, 0.1) is 17.7 Å². The second-order valence-electron chi connectivity index (χ2n) is 7.56. The highest BCUT2D eigenvalue weighted by atomic mass is 32.1. The van der Waals surface area contributed by atoms with E-state index in [0.29, 0.717) is 39.1 Å². The molecule has 0 saturated carbocycles. The summed E-state index contributed by atoms with van der Waals surface area (Å²) in [7, 11) is 0. The van der Waals surface area contributed by atoms with E-state index in [-0.39, 0.29) is 5.91 Å². The zero-order valence-corrected chi connectivity index (χ0v) is 17.8. The van der Waals surface area contributed by atoms with Crippen molar-refractivity contribution in [3.63, 3.8) is 0 Å². The third-order valence-electron chi connectivity index (χ3n) is 5.87. The van der Waals surface area contributed by atoms with Crippen LogP contribution in [0.25, 0.3) is 10.4 Å². The van der Waals surface area contributed by atoms with Crippen molar-refractivity contribution in [1.82, 2.24) is 15.1 Å². The second kappa shape index (κ2) is 8.51. The molecule has 3 aromatic rings. The normalized spacial score (nSPS) is 15.9. The minimum absolute atomic E-state index is 0.0898. The fourth-order valence-electron chi connectivity index (χ4n) is 4.26. The molecule has 1 amide bonds. The molecule has 0 atom stereocenters. The maximum atomic E-state index is 13.3. The Hall–Kier alpha value is -2.44. The summed E-state index contributed by atoms with van der Waals surface area (Å²) in [6, 6.07) is 14.3. The predicted octanol–water partition coefficient (Wildman–Crippen LogP) is 4.09. The molecule has 0 aliphatic carbocycles. The summed E-state index contributed by atoms with van der Waals surface area (Å²) >= 11 is 1.73. The topological polar surface area (TPSA) is 56.2 Å². The Bertz CT molecular complexity index is 958. The van der Waals surface area contributed by atoms with Gasteiger partial charge in [0.1, 0.15) is 0 Å². The Morgan fingerprint density at radius 3 is 2.62 bits per heavy atom. The fraction of sp³-hybridized carbons (Fsp3) is 0.391. The molecule has 3 heterocycles. The molecule has 1 aliphatic heterocycles. The quantitative estimate of drug-likeness (QED) is 0.667. The van der Waals surface area contributed by atoms with Gasteiger partial charge in [0, 0.05) is 35.9 Å². The minimum Gasteiger partial charge on any atom is -0.381 e. The van der Waals surface area contributed by atoms with E-state index in [0.717, 1.165) is 17.0 Å².